The van der Waals surface area contributed by atoms with Crippen LogP contribution in [0.4, 0.5) is 27.8 Å². The summed E-state index contributed by atoms with van der Waals surface area (Å²) in [6, 6.07) is 0. The standard InChI is InChI=1S/C8H6F5N3O3/c9-4(10)2-16-1-3(6(17)18)5(15-16)14-7(19)8(11,12)13/h1,4H,2H2,(H,17,18)(H,14,15,19). The summed E-state index contributed by atoms with van der Waals surface area (Å²) in [4.78, 5) is 21.3. The molecule has 0 aliphatic carbocycles. The number of anilines is 1. The summed E-state index contributed by atoms with van der Waals surface area (Å²) in [6.07, 6.45) is -7.53. The maximum atomic E-state index is 12.0. The van der Waals surface area contributed by atoms with Crippen molar-refractivity contribution in [3.63, 3.8) is 0 Å². The summed E-state index contributed by atoms with van der Waals surface area (Å²) in [5.41, 5.74) is -0.821. The van der Waals surface area contributed by atoms with Gasteiger partial charge in [-0.05, 0) is 0 Å². The number of hydrogen-bond donors (Lipinski definition) is 2. The van der Waals surface area contributed by atoms with Crippen LogP contribution in [-0.2, 0) is 11.3 Å². The van der Waals surface area contributed by atoms with E-state index in [4.69, 9.17) is 5.11 Å². The molecule has 1 aromatic rings. The van der Waals surface area contributed by atoms with E-state index in [-0.39, 0.29) is 0 Å². The van der Waals surface area contributed by atoms with Crippen molar-refractivity contribution < 1.29 is 36.6 Å². The molecule has 0 saturated heterocycles. The Morgan fingerprint density at radius 3 is 2.42 bits per heavy atom. The average Bonchev–Trinajstić information content (AvgIpc) is 2.58. The van der Waals surface area contributed by atoms with Crippen LogP contribution in [0, 0.1) is 0 Å². The van der Waals surface area contributed by atoms with Crippen molar-refractivity contribution in [2.45, 2.75) is 19.1 Å². The smallest absolute Gasteiger partial charge is 0.471 e. The Bertz CT molecular complexity index is 496. The molecule has 19 heavy (non-hydrogen) atoms. The first-order chi connectivity index (χ1) is 8.61. The van der Waals surface area contributed by atoms with Crippen LogP contribution in [0.5, 0.6) is 0 Å². The summed E-state index contributed by atoms with van der Waals surface area (Å²) in [6.45, 7) is -1.01. The summed E-state index contributed by atoms with van der Waals surface area (Å²) in [5.74, 6) is -5.11. The fourth-order valence-corrected chi connectivity index (χ4v) is 1.08. The lowest BCUT2D eigenvalue weighted by atomic mass is 10.3. The van der Waals surface area contributed by atoms with Crippen LogP contribution in [-0.4, -0.2) is 39.4 Å². The first kappa shape index (κ1) is 14.9. The molecular weight excluding hydrogens is 281 g/mol. The number of nitrogens with zero attached hydrogens (tertiary/aromatic N) is 2. The highest BCUT2D eigenvalue weighted by atomic mass is 19.4. The molecule has 106 valence electrons. The number of carbonyl (C=O) groups excluding carboxylic acids is 1. The summed E-state index contributed by atoms with van der Waals surface area (Å²) < 4.78 is 60.4. The fourth-order valence-electron chi connectivity index (χ4n) is 1.08. The van der Waals surface area contributed by atoms with Crippen LogP contribution in [0.25, 0.3) is 0 Å². The molecule has 0 aliphatic rings. The van der Waals surface area contributed by atoms with Crippen LogP contribution in [0.3, 0.4) is 0 Å². The number of rotatable bonds is 4. The molecule has 1 heterocycles. The Balaban J connectivity index is 3.02. The third-order valence-electron chi connectivity index (χ3n) is 1.81. The van der Waals surface area contributed by atoms with Crippen molar-refractivity contribution in [3.8, 4) is 0 Å². The monoisotopic (exact) mass is 287 g/mol. The molecule has 0 spiro atoms. The van der Waals surface area contributed by atoms with Crippen molar-refractivity contribution in [1.82, 2.24) is 9.78 Å². The zero-order valence-electron chi connectivity index (χ0n) is 8.91. The Labute approximate surface area is 101 Å². The second-order valence-electron chi connectivity index (χ2n) is 3.26. The van der Waals surface area contributed by atoms with Crippen LogP contribution >= 0.6 is 0 Å². The van der Waals surface area contributed by atoms with Crippen LogP contribution in [0.1, 0.15) is 10.4 Å². The zero-order valence-corrected chi connectivity index (χ0v) is 8.91. The highest BCUT2D eigenvalue weighted by Crippen LogP contribution is 2.20. The van der Waals surface area contributed by atoms with E-state index in [1.807, 2.05) is 0 Å². The predicted molar refractivity (Wildman–Crippen MR) is 49.9 cm³/mol. The van der Waals surface area contributed by atoms with E-state index in [1.165, 1.54) is 5.32 Å². The largest absolute Gasteiger partial charge is 0.477 e. The van der Waals surface area contributed by atoms with Gasteiger partial charge < -0.3 is 10.4 Å². The third-order valence-corrected chi connectivity index (χ3v) is 1.81. The third kappa shape index (κ3) is 3.89. The number of hydrogen-bond acceptors (Lipinski definition) is 3. The number of carboxylic acids is 1. The Morgan fingerprint density at radius 1 is 1.42 bits per heavy atom. The van der Waals surface area contributed by atoms with E-state index in [2.05, 4.69) is 5.10 Å². The molecule has 6 nitrogen and oxygen atoms in total. The van der Waals surface area contributed by atoms with Gasteiger partial charge in [0.1, 0.15) is 12.1 Å². The maximum absolute atomic E-state index is 12.0. The highest BCUT2D eigenvalue weighted by Gasteiger charge is 2.39. The van der Waals surface area contributed by atoms with Crippen LogP contribution < -0.4 is 5.32 Å². The first-order valence-electron chi connectivity index (χ1n) is 4.58. The number of aromatic nitrogens is 2. The average molecular weight is 287 g/mol. The molecule has 0 fully saturated rings. The lowest BCUT2D eigenvalue weighted by Crippen LogP contribution is -2.30. The van der Waals surface area contributed by atoms with Gasteiger partial charge in [-0.1, -0.05) is 0 Å². The molecule has 1 aromatic heterocycles. The molecule has 2 N–H and O–H groups in total. The fraction of sp³-hybridized carbons (Fsp3) is 0.375. The summed E-state index contributed by atoms with van der Waals surface area (Å²) in [5, 5.41) is 13.0. The van der Waals surface area contributed by atoms with Crippen molar-refractivity contribution in [2.75, 3.05) is 5.32 Å². The molecular formula is C8H6F5N3O3. The topological polar surface area (TPSA) is 84.2 Å². The van der Waals surface area contributed by atoms with Gasteiger partial charge in [-0.2, -0.15) is 18.3 Å². The molecule has 0 bridgehead atoms. The van der Waals surface area contributed by atoms with E-state index in [0.717, 1.165) is 0 Å². The van der Waals surface area contributed by atoms with Gasteiger partial charge in [0, 0.05) is 6.20 Å². The van der Waals surface area contributed by atoms with Crippen LogP contribution in [0.2, 0.25) is 0 Å². The van der Waals surface area contributed by atoms with Gasteiger partial charge in [-0.15, -0.1) is 0 Å². The van der Waals surface area contributed by atoms with E-state index in [9.17, 15) is 31.5 Å². The second-order valence-corrected chi connectivity index (χ2v) is 3.26. The van der Waals surface area contributed by atoms with E-state index in [1.54, 1.807) is 0 Å². The number of aromatic carboxylic acids is 1. The minimum atomic E-state index is -5.25. The number of nitrogens with one attached hydrogen (secondary N) is 1. The van der Waals surface area contributed by atoms with Gasteiger partial charge in [-0.3, -0.25) is 9.48 Å². The van der Waals surface area contributed by atoms with Gasteiger partial charge in [-0.25, -0.2) is 13.6 Å². The Kier molecular flexibility index (Phi) is 4.07. The van der Waals surface area contributed by atoms with Crippen molar-refractivity contribution in [3.05, 3.63) is 11.8 Å². The van der Waals surface area contributed by atoms with Crippen molar-refractivity contribution >= 4 is 17.7 Å². The Morgan fingerprint density at radius 2 is 2.00 bits per heavy atom. The van der Waals surface area contributed by atoms with E-state index < -0.39 is 42.4 Å². The zero-order chi connectivity index (χ0) is 14.8. The SMILES string of the molecule is O=C(O)c1cn(CC(F)F)nc1NC(=O)C(F)(F)F. The molecule has 0 saturated carbocycles. The number of halogens is 5. The lowest BCUT2D eigenvalue weighted by Gasteiger charge is -2.05. The molecule has 1 amide bonds. The number of carboxylic acid groups (broad SMARTS) is 1. The molecule has 0 aliphatic heterocycles. The number of carbonyl (C=O) groups is 2. The van der Waals surface area contributed by atoms with Crippen LogP contribution in [0.15, 0.2) is 6.20 Å². The minimum Gasteiger partial charge on any atom is -0.477 e. The highest BCUT2D eigenvalue weighted by molar-refractivity contribution is 6.00. The maximum Gasteiger partial charge on any atom is 0.471 e. The first-order valence-corrected chi connectivity index (χ1v) is 4.58. The minimum absolute atomic E-state index is 0.431. The molecule has 0 radical (unpaired) electrons. The lowest BCUT2D eigenvalue weighted by molar-refractivity contribution is -0.167. The van der Waals surface area contributed by atoms with Gasteiger partial charge >= 0.3 is 18.1 Å². The Hall–Kier alpha value is -2.20. The molecule has 1 rings (SSSR count). The second kappa shape index (κ2) is 5.20. The number of alkyl halides is 5. The molecule has 0 aromatic carbocycles. The predicted octanol–water partition coefficient (Wildman–Crippen LogP) is 1.35. The van der Waals surface area contributed by atoms with Crippen molar-refractivity contribution in [2.24, 2.45) is 0 Å². The van der Waals surface area contributed by atoms with Gasteiger partial charge in [0.05, 0.1) is 0 Å². The van der Waals surface area contributed by atoms with E-state index >= 15 is 0 Å². The quantitative estimate of drug-likeness (QED) is 0.819. The van der Waals surface area contributed by atoms with E-state index in [0.29, 0.717) is 10.9 Å². The van der Waals surface area contributed by atoms with Gasteiger partial charge in [0.2, 0.25) is 0 Å². The summed E-state index contributed by atoms with van der Waals surface area (Å²) in [7, 11) is 0. The van der Waals surface area contributed by atoms with Gasteiger partial charge in [0.15, 0.2) is 5.82 Å². The number of amides is 1. The molecule has 0 unspecified atom stereocenters. The summed E-state index contributed by atoms with van der Waals surface area (Å²) >= 11 is 0. The van der Waals surface area contributed by atoms with Crippen molar-refractivity contribution in [1.29, 1.82) is 0 Å². The van der Waals surface area contributed by atoms with Gasteiger partial charge in [0.25, 0.3) is 6.43 Å². The normalized spacial score (nSPS) is 11.7. The molecule has 11 heteroatoms. The molecule has 0 atom stereocenters.